The van der Waals surface area contributed by atoms with Crippen molar-refractivity contribution < 1.29 is 4.79 Å². The van der Waals surface area contributed by atoms with Gasteiger partial charge in [0.1, 0.15) is 0 Å². The molecule has 0 aromatic heterocycles. The Morgan fingerprint density at radius 1 is 1.11 bits per heavy atom. The van der Waals surface area contributed by atoms with Crippen LogP contribution < -0.4 is 5.73 Å². The summed E-state index contributed by atoms with van der Waals surface area (Å²) in [7, 11) is 0. The number of rotatable bonds is 5. The highest BCUT2D eigenvalue weighted by Gasteiger charge is 2.50. The smallest absolute Gasteiger partial charge is 0.217 e. The normalized spacial score (nSPS) is 41.9. The Balaban J connectivity index is 1.57. The SMILES string of the molecule is NC(=O)CCCCC12CC3CCCC(C1)C(C3)C2. The fraction of sp³-hybridized carbons (Fsp3) is 0.938. The molecule has 0 aromatic rings. The predicted molar refractivity (Wildman–Crippen MR) is 72.9 cm³/mol. The van der Waals surface area contributed by atoms with Gasteiger partial charge in [0.15, 0.2) is 0 Å². The van der Waals surface area contributed by atoms with Crippen molar-refractivity contribution in [3.8, 4) is 0 Å². The van der Waals surface area contributed by atoms with E-state index in [0.717, 1.165) is 24.2 Å². The lowest BCUT2D eigenvalue weighted by Gasteiger charge is -2.38. The van der Waals surface area contributed by atoms with Crippen molar-refractivity contribution >= 4 is 5.91 Å². The van der Waals surface area contributed by atoms with Crippen molar-refractivity contribution in [1.29, 1.82) is 0 Å². The lowest BCUT2D eigenvalue weighted by atomic mass is 9.67. The second kappa shape index (κ2) is 4.86. The van der Waals surface area contributed by atoms with Crippen LogP contribution in [-0.2, 0) is 4.79 Å². The highest BCUT2D eigenvalue weighted by atomic mass is 16.1. The van der Waals surface area contributed by atoms with Crippen molar-refractivity contribution in [3.63, 3.8) is 0 Å². The number of hydrogen-bond donors (Lipinski definition) is 1. The number of unbranched alkanes of at least 4 members (excludes halogenated alkanes) is 1. The zero-order chi connectivity index (χ0) is 12.6. The molecule has 2 N–H and O–H groups in total. The van der Waals surface area contributed by atoms with Crippen LogP contribution in [0.3, 0.4) is 0 Å². The van der Waals surface area contributed by atoms with Crippen LogP contribution in [-0.4, -0.2) is 5.91 Å². The van der Waals surface area contributed by atoms with Gasteiger partial charge >= 0.3 is 0 Å². The van der Waals surface area contributed by atoms with E-state index in [-0.39, 0.29) is 5.91 Å². The van der Waals surface area contributed by atoms with E-state index in [9.17, 15) is 4.79 Å². The van der Waals surface area contributed by atoms with Gasteiger partial charge in [-0.3, -0.25) is 4.79 Å². The summed E-state index contributed by atoms with van der Waals surface area (Å²) in [6, 6.07) is 0. The standard InChI is InChI=1S/C16H27NO/c17-15(18)6-1-2-7-16-9-12-4-3-5-13(10-16)14(8-12)11-16/h12-14H,1-11H2,(H2,17,18). The molecule has 3 aliphatic carbocycles. The molecule has 3 fully saturated rings. The number of amides is 1. The summed E-state index contributed by atoms with van der Waals surface area (Å²) in [6.45, 7) is 0. The van der Waals surface area contributed by atoms with E-state index in [4.69, 9.17) is 5.73 Å². The first-order valence-corrected chi connectivity index (χ1v) is 7.95. The third kappa shape index (κ3) is 2.44. The maximum atomic E-state index is 10.8. The van der Waals surface area contributed by atoms with Gasteiger partial charge in [0.05, 0.1) is 0 Å². The van der Waals surface area contributed by atoms with Crippen LogP contribution in [0.25, 0.3) is 0 Å². The van der Waals surface area contributed by atoms with E-state index in [1.807, 2.05) is 0 Å². The van der Waals surface area contributed by atoms with Gasteiger partial charge in [0, 0.05) is 6.42 Å². The van der Waals surface area contributed by atoms with Crippen molar-refractivity contribution in [2.45, 2.75) is 70.6 Å². The topological polar surface area (TPSA) is 43.1 Å². The van der Waals surface area contributed by atoms with E-state index in [0.29, 0.717) is 11.8 Å². The van der Waals surface area contributed by atoms with Gasteiger partial charge in [-0.2, -0.15) is 0 Å². The molecule has 0 aromatic carbocycles. The molecular formula is C16H27NO. The molecule has 0 spiro atoms. The van der Waals surface area contributed by atoms with Crippen molar-refractivity contribution in [1.82, 2.24) is 0 Å². The van der Waals surface area contributed by atoms with Crippen molar-refractivity contribution in [2.75, 3.05) is 0 Å². The van der Waals surface area contributed by atoms with Crippen LogP contribution >= 0.6 is 0 Å². The summed E-state index contributed by atoms with van der Waals surface area (Å²) < 4.78 is 0. The molecule has 3 bridgehead atoms. The summed E-state index contributed by atoms with van der Waals surface area (Å²) in [4.78, 5) is 10.8. The lowest BCUT2D eigenvalue weighted by molar-refractivity contribution is -0.118. The number of carbonyl (C=O) groups is 1. The van der Waals surface area contributed by atoms with Gasteiger partial charge in [-0.1, -0.05) is 25.7 Å². The molecule has 3 rings (SSSR count). The average molecular weight is 249 g/mol. The number of hydrogen-bond acceptors (Lipinski definition) is 1. The zero-order valence-electron chi connectivity index (χ0n) is 11.5. The fourth-order valence-electron chi connectivity index (χ4n) is 5.43. The number of fused-ring (bicyclic) bond motifs is 2. The molecule has 102 valence electrons. The summed E-state index contributed by atoms with van der Waals surface area (Å²) in [5.41, 5.74) is 5.90. The summed E-state index contributed by atoms with van der Waals surface area (Å²) in [6.07, 6.45) is 14.7. The van der Waals surface area contributed by atoms with Crippen LogP contribution in [0, 0.1) is 23.2 Å². The third-order valence-corrected chi connectivity index (χ3v) is 5.98. The third-order valence-electron chi connectivity index (χ3n) is 5.98. The number of carbonyl (C=O) groups excluding carboxylic acids is 1. The van der Waals surface area contributed by atoms with Crippen LogP contribution in [0.2, 0.25) is 0 Å². The molecule has 1 amide bonds. The van der Waals surface area contributed by atoms with Crippen molar-refractivity contribution in [2.24, 2.45) is 28.9 Å². The average Bonchev–Trinajstić information content (AvgIpc) is 2.47. The molecule has 0 aliphatic heterocycles. The second-order valence-corrected chi connectivity index (χ2v) is 7.34. The molecule has 4 unspecified atom stereocenters. The number of primary amides is 1. The van der Waals surface area contributed by atoms with Crippen LogP contribution in [0.15, 0.2) is 0 Å². The summed E-state index contributed by atoms with van der Waals surface area (Å²) >= 11 is 0. The summed E-state index contributed by atoms with van der Waals surface area (Å²) in [5.74, 6) is 3.01. The first-order chi connectivity index (χ1) is 8.67. The predicted octanol–water partition coefficient (Wildman–Crippen LogP) is 3.64. The first kappa shape index (κ1) is 12.5. The van der Waals surface area contributed by atoms with E-state index in [1.54, 1.807) is 0 Å². The molecule has 0 saturated heterocycles. The molecule has 18 heavy (non-hydrogen) atoms. The van der Waals surface area contributed by atoms with E-state index >= 15 is 0 Å². The van der Waals surface area contributed by atoms with E-state index < -0.39 is 0 Å². The molecule has 4 atom stereocenters. The van der Waals surface area contributed by atoms with Crippen LogP contribution in [0.4, 0.5) is 0 Å². The van der Waals surface area contributed by atoms with Gasteiger partial charge in [-0.05, 0) is 61.7 Å². The van der Waals surface area contributed by atoms with Crippen molar-refractivity contribution in [3.05, 3.63) is 0 Å². The monoisotopic (exact) mass is 249 g/mol. The quantitative estimate of drug-likeness (QED) is 0.743. The second-order valence-electron chi connectivity index (χ2n) is 7.34. The Kier molecular flexibility index (Phi) is 3.38. The molecule has 3 aliphatic rings. The molecular weight excluding hydrogens is 222 g/mol. The Hall–Kier alpha value is -0.530. The molecule has 0 radical (unpaired) electrons. The maximum Gasteiger partial charge on any atom is 0.217 e. The van der Waals surface area contributed by atoms with Crippen LogP contribution in [0.5, 0.6) is 0 Å². The van der Waals surface area contributed by atoms with Gasteiger partial charge in [-0.25, -0.2) is 0 Å². The van der Waals surface area contributed by atoms with Gasteiger partial charge in [0.25, 0.3) is 0 Å². The molecule has 0 heterocycles. The van der Waals surface area contributed by atoms with Crippen LogP contribution in [0.1, 0.15) is 70.6 Å². The minimum atomic E-state index is -0.127. The summed E-state index contributed by atoms with van der Waals surface area (Å²) in [5, 5.41) is 0. The maximum absolute atomic E-state index is 10.8. The van der Waals surface area contributed by atoms with Gasteiger partial charge in [-0.15, -0.1) is 0 Å². The fourth-order valence-corrected chi connectivity index (χ4v) is 5.43. The highest BCUT2D eigenvalue weighted by Crippen LogP contribution is 2.61. The molecule has 3 saturated carbocycles. The molecule has 2 heteroatoms. The highest BCUT2D eigenvalue weighted by molar-refractivity contribution is 5.73. The Bertz CT molecular complexity index is 323. The number of nitrogens with two attached hydrogens (primary N) is 1. The minimum absolute atomic E-state index is 0.127. The Morgan fingerprint density at radius 3 is 2.78 bits per heavy atom. The zero-order valence-corrected chi connectivity index (χ0v) is 11.5. The van der Waals surface area contributed by atoms with Gasteiger partial charge < -0.3 is 5.73 Å². The minimum Gasteiger partial charge on any atom is -0.370 e. The molecule has 2 nitrogen and oxygen atoms in total. The van der Waals surface area contributed by atoms with E-state index in [2.05, 4.69) is 0 Å². The van der Waals surface area contributed by atoms with Gasteiger partial charge in [0.2, 0.25) is 5.91 Å². The largest absolute Gasteiger partial charge is 0.370 e. The first-order valence-electron chi connectivity index (χ1n) is 7.95. The van der Waals surface area contributed by atoms with E-state index in [1.165, 1.54) is 57.8 Å². The lowest BCUT2D eigenvalue weighted by Crippen LogP contribution is -2.26. The Morgan fingerprint density at radius 2 is 1.94 bits per heavy atom. The Labute approximate surface area is 111 Å².